The van der Waals surface area contributed by atoms with Crippen molar-refractivity contribution in [1.82, 2.24) is 108 Å². The summed E-state index contributed by atoms with van der Waals surface area (Å²) in [7, 11) is -35.8. The molecule has 0 aromatic carbocycles. The maximum atomic E-state index is 11.2. The number of halogens is 26. The molecule has 3 saturated heterocycles. The van der Waals surface area contributed by atoms with Crippen LogP contribution in [0.4, 0.5) is 101 Å². The summed E-state index contributed by atoms with van der Waals surface area (Å²) in [5, 5.41) is 50.5. The summed E-state index contributed by atoms with van der Waals surface area (Å²) in [4.78, 5) is 25.1. The van der Waals surface area contributed by atoms with Crippen LogP contribution in [0.3, 0.4) is 0 Å². The first-order valence-electron chi connectivity index (χ1n) is 31.0. The van der Waals surface area contributed by atoms with Crippen LogP contribution in [-0.2, 0) is 12.8 Å². The van der Waals surface area contributed by atoms with Gasteiger partial charge in [0.1, 0.15) is 45.2 Å². The molecule has 0 amide bonds. The van der Waals surface area contributed by atoms with E-state index in [0.29, 0.717) is 49.1 Å². The van der Waals surface area contributed by atoms with Gasteiger partial charge in [-0.15, -0.1) is 43.2 Å². The van der Waals surface area contributed by atoms with Crippen molar-refractivity contribution < 1.29 is 134 Å². The zero-order chi connectivity index (χ0) is 85.4. The average Bonchev–Trinajstić information content (AvgIpc) is 1.57. The van der Waals surface area contributed by atoms with Crippen molar-refractivity contribution in [2.45, 2.75) is 59.3 Å². The molecule has 114 heavy (non-hydrogen) atoms. The zero-order valence-electron chi connectivity index (χ0n) is 60.1. The van der Waals surface area contributed by atoms with Gasteiger partial charge >= 0.3 is 131 Å². The summed E-state index contributed by atoms with van der Waals surface area (Å²) < 4.78 is 267. The molecule has 0 bridgehead atoms. The second kappa shape index (κ2) is 37.5. The molecule has 13 rings (SSSR count). The van der Waals surface area contributed by atoms with Gasteiger partial charge in [0.2, 0.25) is 22.3 Å². The SMILES string of the molecule is C=C(C)n1n[n+]([O-])c2cccnc21.C=C(C)n1n[n+]([O-])c2cccnc21.C=C(C)n1n[n+]([S-])c2cccnc21.CN(C)[P+](C)(On1nnc2cccnc21)N(C)C.FB(F)F.FP(F)F.F[P-](F)(F)(F)(F)F.F[P-](F)(F)(F)(F)F.F[P-](F)(F)(F)(F)F.[F-].[F-].c1cnc2c(c1)nnn2O[P+](N1CCCC1)(N1CCCC1)N1CCCC1. The van der Waals surface area contributed by atoms with Crippen molar-refractivity contribution in [3.8, 4) is 0 Å². The van der Waals surface area contributed by atoms with Crippen LogP contribution in [0.25, 0.3) is 72.9 Å². The molecule has 13 heterocycles. The van der Waals surface area contributed by atoms with E-state index < -0.39 is 55.6 Å². The second-order valence-corrected chi connectivity index (χ2v) is 36.2. The minimum Gasteiger partial charge on any atom is -1.00 e. The van der Waals surface area contributed by atoms with Crippen molar-refractivity contribution >= 4 is 141 Å². The zero-order valence-corrected chi connectivity index (χ0v) is 66.3. The van der Waals surface area contributed by atoms with E-state index >= 15 is 0 Å². The summed E-state index contributed by atoms with van der Waals surface area (Å²) in [6.07, 6.45) is 15.9. The predicted octanol–water partition coefficient (Wildman–Crippen LogP) is 11.8. The molecule has 3 fully saturated rings. The largest absolute Gasteiger partial charge is 1.00 e. The fourth-order valence-electron chi connectivity index (χ4n) is 9.32. The van der Waals surface area contributed by atoms with E-state index in [2.05, 4.69) is 111 Å². The Kier molecular flexibility index (Phi) is 33.6. The van der Waals surface area contributed by atoms with Gasteiger partial charge in [-0.3, -0.25) is 12.9 Å². The molecule has 0 spiro atoms. The number of fused-ring (bicyclic) bond motifs is 5. The van der Waals surface area contributed by atoms with Crippen molar-refractivity contribution in [1.29, 1.82) is 0 Å². The van der Waals surface area contributed by atoms with Gasteiger partial charge in [0.25, 0.3) is 16.9 Å². The van der Waals surface area contributed by atoms with Crippen LogP contribution in [0.1, 0.15) is 59.3 Å². The number of hydrogen-bond donors (Lipinski definition) is 0. The van der Waals surface area contributed by atoms with E-state index in [9.17, 15) is 111 Å². The number of allylic oxidation sites excluding steroid dienone is 3. The summed E-state index contributed by atoms with van der Waals surface area (Å²) in [6.45, 7) is 25.3. The molecule has 0 unspecified atom stereocenters. The van der Waals surface area contributed by atoms with Crippen LogP contribution < -0.4 is 32.4 Å². The quantitative estimate of drug-likeness (QED) is 0.0274. The first-order chi connectivity index (χ1) is 50.7. The van der Waals surface area contributed by atoms with Crippen LogP contribution in [0.5, 0.6) is 0 Å². The molecule has 3 aliphatic rings. The Morgan fingerprint density at radius 2 is 0.702 bits per heavy atom. The molecule has 0 saturated carbocycles. The molecule has 3 aliphatic heterocycles. The van der Waals surface area contributed by atoms with Crippen LogP contribution in [0.2, 0.25) is 0 Å². The Morgan fingerprint density at radius 3 is 0.974 bits per heavy atom. The molecule has 29 nitrogen and oxygen atoms in total. The molecule has 0 N–H and O–H groups in total. The number of rotatable bonds is 12. The van der Waals surface area contributed by atoms with Gasteiger partial charge in [0.05, 0.1) is 5.21 Å². The van der Waals surface area contributed by atoms with Gasteiger partial charge < -0.3 is 32.6 Å². The fourth-order valence-corrected chi connectivity index (χ4v) is 15.1. The van der Waals surface area contributed by atoms with Crippen molar-refractivity contribution in [3.63, 3.8) is 0 Å². The standard InChI is InChI=1S/C17H27N7OP.C10H18N6OP.2C8H8N4O.C8H8N4S.BF3.3F6P.F3P.2FH/c1-2-11-21(10-1)26(22-12-3-4-13-22,23-14-5-6-15-23)25-24-17-16(19-20-24)8-7-9-18-17;1-14(2)18(5,15(3)4)17-16-10-9(12-13-16)7-6-8-11-10;3*1-6(2)11-8-7(12(13)10-11)4-3-5-9-8;2-1(3)4;3*1-7(2,3,4,5)6;1-4(2)3;;/h7-9H,1-6,10-15H2;6-8H,1-5H3;3*3-5H,1H2,2H3;;;;;;2*1H/q2*+1;;;;;3*-1;;;/p-2. The fraction of sp³-hybridized carbons (Fsp3) is 0.392. The summed E-state index contributed by atoms with van der Waals surface area (Å²) in [5.41, 5.74) is 8.51. The first kappa shape index (κ1) is 102. The number of pyridine rings is 5. The molecule has 10 aromatic heterocycles. The predicted molar refractivity (Wildman–Crippen MR) is 380 cm³/mol. The molecular formula is C51H69BF26N25O4P6S-3. The topological polar surface area (TPSA) is 272 Å². The molecule has 646 valence electrons. The van der Waals surface area contributed by atoms with E-state index in [1.807, 2.05) is 71.5 Å². The van der Waals surface area contributed by atoms with Gasteiger partial charge in [0.15, 0.2) is 5.52 Å². The minimum absolute atomic E-state index is 0. The van der Waals surface area contributed by atoms with Crippen LogP contribution in [-0.4, -0.2) is 190 Å². The van der Waals surface area contributed by atoms with Crippen molar-refractivity contribution in [2.24, 2.45) is 0 Å². The van der Waals surface area contributed by atoms with Gasteiger partial charge in [0, 0.05) is 98.4 Å². The summed E-state index contributed by atoms with van der Waals surface area (Å²) in [5.74, 6) is 0. The molecular weight excluding hydrogens is 1750 g/mol. The minimum atomic E-state index is -10.7. The smallest absolute Gasteiger partial charge is 0.451 e. The van der Waals surface area contributed by atoms with Gasteiger partial charge in [-0.1, -0.05) is 33.8 Å². The normalized spacial score (nSPS) is 15.7. The Balaban J connectivity index is 0.000000451. The van der Waals surface area contributed by atoms with Crippen LogP contribution in [0, 0.1) is 10.4 Å². The number of nitrogens with zero attached hydrogens (tertiary/aromatic N) is 25. The molecule has 0 radical (unpaired) electrons. The number of hydrogen-bond acceptors (Lipinski definition) is 22. The Bertz CT molecular complexity index is 4420. The van der Waals surface area contributed by atoms with E-state index in [4.69, 9.17) is 22.1 Å². The Hall–Kier alpha value is -7.99. The van der Waals surface area contributed by atoms with Gasteiger partial charge in [-0.05, 0) is 140 Å². The van der Waals surface area contributed by atoms with Crippen LogP contribution in [0.15, 0.2) is 111 Å². The van der Waals surface area contributed by atoms with E-state index in [0.717, 1.165) is 72.8 Å². The average molecular weight is 1820 g/mol. The van der Waals surface area contributed by atoms with Crippen molar-refractivity contribution in [3.05, 3.63) is 122 Å². The Labute approximate surface area is 636 Å². The number of aromatic nitrogens is 20. The molecule has 0 aliphatic carbocycles. The van der Waals surface area contributed by atoms with E-state index in [1.54, 1.807) is 78.6 Å². The third-order valence-electron chi connectivity index (χ3n) is 13.7. The monoisotopic (exact) mass is 1820 g/mol. The molecule has 10 aromatic rings. The maximum absolute atomic E-state index is 11.2. The summed E-state index contributed by atoms with van der Waals surface area (Å²) in [6, 6.07) is 18.0. The first-order valence-corrected chi connectivity index (χ1v) is 42.1. The molecule has 0 atom stereocenters. The third-order valence-corrected chi connectivity index (χ3v) is 21.2. The van der Waals surface area contributed by atoms with E-state index in [1.165, 1.54) is 56.8 Å². The van der Waals surface area contributed by atoms with E-state index in [-0.39, 0.29) is 9.41 Å². The summed E-state index contributed by atoms with van der Waals surface area (Å²) >= 11 is 5.00. The van der Waals surface area contributed by atoms with Crippen molar-refractivity contribution in [2.75, 3.05) is 74.1 Å². The second-order valence-electron chi connectivity index (χ2n) is 23.4. The Morgan fingerprint density at radius 1 is 0.465 bits per heavy atom. The molecule has 63 heteroatoms. The third kappa shape index (κ3) is 36.5. The van der Waals surface area contributed by atoms with Gasteiger partial charge in [-0.25, -0.2) is 33.6 Å². The van der Waals surface area contributed by atoms with Crippen LogP contribution >= 0.6 is 48.0 Å². The van der Waals surface area contributed by atoms with Gasteiger partial charge in [-0.2, -0.15) is 17.2 Å². The maximum Gasteiger partial charge on any atom is 0.451 e.